The van der Waals surface area contributed by atoms with Gasteiger partial charge in [0.2, 0.25) is 5.91 Å². The van der Waals surface area contributed by atoms with Gasteiger partial charge in [-0.15, -0.1) is 0 Å². The molecular weight excluding hydrogens is 320 g/mol. The monoisotopic (exact) mass is 346 g/mol. The first-order valence-corrected chi connectivity index (χ1v) is 9.10. The summed E-state index contributed by atoms with van der Waals surface area (Å²) in [6.07, 6.45) is 10.5. The van der Waals surface area contributed by atoms with Gasteiger partial charge in [0, 0.05) is 12.1 Å². The molecule has 1 fully saturated rings. The molecule has 1 aliphatic carbocycles. The summed E-state index contributed by atoms with van der Waals surface area (Å²) in [5, 5.41) is 6.40. The summed E-state index contributed by atoms with van der Waals surface area (Å²) in [5.74, 6) is 0.614. The maximum Gasteiger partial charge on any atom is 0.250 e. The van der Waals surface area contributed by atoms with Crippen LogP contribution in [0.15, 0.2) is 30.3 Å². The van der Waals surface area contributed by atoms with Crippen molar-refractivity contribution < 1.29 is 9.53 Å². The summed E-state index contributed by atoms with van der Waals surface area (Å²) >= 11 is 5.24. The molecule has 1 aliphatic rings. The molecule has 0 heterocycles. The van der Waals surface area contributed by atoms with Gasteiger partial charge in [-0.05, 0) is 55.8 Å². The summed E-state index contributed by atoms with van der Waals surface area (Å²) in [6, 6.07) is 7.99. The van der Waals surface area contributed by atoms with Crippen LogP contribution in [0.4, 0.5) is 0 Å². The van der Waals surface area contributed by atoms with E-state index in [0.717, 1.165) is 24.2 Å². The minimum absolute atomic E-state index is 0.213. The van der Waals surface area contributed by atoms with Crippen LogP contribution in [0.5, 0.6) is 5.75 Å². The summed E-state index contributed by atoms with van der Waals surface area (Å²) in [6.45, 7) is 2.59. The van der Waals surface area contributed by atoms with E-state index in [1.54, 1.807) is 6.08 Å². The Morgan fingerprint density at radius 3 is 2.50 bits per heavy atom. The molecule has 2 rings (SSSR count). The Morgan fingerprint density at radius 2 is 1.88 bits per heavy atom. The van der Waals surface area contributed by atoms with Crippen LogP contribution in [0.3, 0.4) is 0 Å². The molecule has 0 saturated heterocycles. The van der Waals surface area contributed by atoms with E-state index in [4.69, 9.17) is 17.0 Å². The van der Waals surface area contributed by atoms with Crippen LogP contribution in [0.25, 0.3) is 6.08 Å². The molecule has 5 heteroatoms. The Balaban J connectivity index is 1.77. The number of ether oxygens (including phenoxy) is 1. The van der Waals surface area contributed by atoms with Crippen LogP contribution in [0, 0.1) is 0 Å². The van der Waals surface area contributed by atoms with Crippen molar-refractivity contribution in [3.63, 3.8) is 0 Å². The van der Waals surface area contributed by atoms with Crippen LogP contribution in [-0.4, -0.2) is 23.7 Å². The Kier molecular flexibility index (Phi) is 7.75. The second kappa shape index (κ2) is 10.1. The largest absolute Gasteiger partial charge is 0.494 e. The molecule has 0 bridgehead atoms. The van der Waals surface area contributed by atoms with Crippen molar-refractivity contribution in [1.82, 2.24) is 10.6 Å². The van der Waals surface area contributed by atoms with Crippen molar-refractivity contribution in [1.29, 1.82) is 0 Å². The Hall–Kier alpha value is -1.88. The fourth-order valence-corrected chi connectivity index (χ4v) is 3.08. The molecular formula is C19H26N2O2S. The molecule has 1 saturated carbocycles. The first kappa shape index (κ1) is 18.5. The van der Waals surface area contributed by atoms with Gasteiger partial charge in [0.1, 0.15) is 5.75 Å². The van der Waals surface area contributed by atoms with E-state index in [2.05, 4.69) is 10.6 Å². The maximum absolute atomic E-state index is 12.0. The van der Waals surface area contributed by atoms with Gasteiger partial charge in [-0.2, -0.15) is 0 Å². The predicted octanol–water partition coefficient (Wildman–Crippen LogP) is 3.81. The lowest BCUT2D eigenvalue weighted by Gasteiger charge is -2.17. The standard InChI is InChI=1S/C19H26N2O2S/c1-2-23-17-12-9-15(10-13-17)11-14-18(22)21-19(24)20-16-7-5-3-4-6-8-16/h9-14,16H,2-8H2,1H3,(H2,20,21,22,24)/b14-11+. The van der Waals surface area contributed by atoms with Gasteiger partial charge < -0.3 is 10.1 Å². The first-order valence-electron chi connectivity index (χ1n) is 8.70. The van der Waals surface area contributed by atoms with Crippen LogP contribution in [-0.2, 0) is 4.79 Å². The van der Waals surface area contributed by atoms with Crippen molar-refractivity contribution in [3.8, 4) is 5.75 Å². The molecule has 0 atom stereocenters. The highest BCUT2D eigenvalue weighted by Crippen LogP contribution is 2.17. The van der Waals surface area contributed by atoms with Crippen LogP contribution >= 0.6 is 12.2 Å². The molecule has 0 spiro atoms. The zero-order valence-electron chi connectivity index (χ0n) is 14.2. The van der Waals surface area contributed by atoms with Crippen molar-refractivity contribution in [2.24, 2.45) is 0 Å². The topological polar surface area (TPSA) is 50.4 Å². The van der Waals surface area contributed by atoms with Gasteiger partial charge in [-0.25, -0.2) is 0 Å². The highest BCUT2D eigenvalue weighted by molar-refractivity contribution is 7.80. The molecule has 1 amide bonds. The van der Waals surface area contributed by atoms with Crippen LogP contribution < -0.4 is 15.4 Å². The number of hydrogen-bond donors (Lipinski definition) is 2. The fourth-order valence-electron chi connectivity index (χ4n) is 2.81. The van der Waals surface area contributed by atoms with E-state index in [0.29, 0.717) is 17.8 Å². The normalized spacial score (nSPS) is 15.7. The molecule has 0 aliphatic heterocycles. The molecule has 130 valence electrons. The zero-order valence-corrected chi connectivity index (χ0v) is 15.0. The first-order chi connectivity index (χ1) is 11.7. The molecule has 24 heavy (non-hydrogen) atoms. The van der Waals surface area contributed by atoms with Gasteiger partial charge >= 0.3 is 0 Å². The lowest BCUT2D eigenvalue weighted by atomic mass is 10.1. The number of hydrogen-bond acceptors (Lipinski definition) is 3. The number of benzene rings is 1. The van der Waals surface area contributed by atoms with Crippen molar-refractivity contribution >= 4 is 29.3 Å². The van der Waals surface area contributed by atoms with Gasteiger partial charge in [0.15, 0.2) is 5.11 Å². The second-order valence-corrected chi connectivity index (χ2v) is 6.39. The van der Waals surface area contributed by atoms with Crippen LogP contribution in [0.2, 0.25) is 0 Å². The average Bonchev–Trinajstić information content (AvgIpc) is 2.83. The van der Waals surface area contributed by atoms with E-state index in [-0.39, 0.29) is 5.91 Å². The van der Waals surface area contributed by atoms with Crippen molar-refractivity contribution in [2.45, 2.75) is 51.5 Å². The fraction of sp³-hybridized carbons (Fsp3) is 0.474. The summed E-state index contributed by atoms with van der Waals surface area (Å²) in [5.41, 5.74) is 0.941. The van der Waals surface area contributed by atoms with E-state index in [1.165, 1.54) is 31.8 Å². The van der Waals surface area contributed by atoms with Gasteiger partial charge in [-0.3, -0.25) is 10.1 Å². The van der Waals surface area contributed by atoms with E-state index < -0.39 is 0 Å². The van der Waals surface area contributed by atoms with Gasteiger partial charge in [0.05, 0.1) is 6.61 Å². The van der Waals surface area contributed by atoms with Gasteiger partial charge in [0.25, 0.3) is 0 Å². The Labute approximate surface area is 149 Å². The van der Waals surface area contributed by atoms with E-state index >= 15 is 0 Å². The van der Waals surface area contributed by atoms with Crippen molar-refractivity contribution in [2.75, 3.05) is 6.61 Å². The Bertz CT molecular complexity index is 561. The van der Waals surface area contributed by atoms with E-state index in [9.17, 15) is 4.79 Å². The molecule has 1 aromatic rings. The molecule has 0 unspecified atom stereocenters. The third-order valence-electron chi connectivity index (χ3n) is 4.05. The SMILES string of the molecule is CCOc1ccc(/C=C/C(=O)NC(=S)NC2CCCCCC2)cc1. The lowest BCUT2D eigenvalue weighted by molar-refractivity contribution is -0.115. The van der Waals surface area contributed by atoms with E-state index in [1.807, 2.05) is 31.2 Å². The number of carbonyl (C=O) groups excluding carboxylic acids is 1. The number of nitrogens with one attached hydrogen (secondary N) is 2. The Morgan fingerprint density at radius 1 is 1.21 bits per heavy atom. The smallest absolute Gasteiger partial charge is 0.250 e. The summed E-state index contributed by atoms with van der Waals surface area (Å²) in [4.78, 5) is 12.0. The average molecular weight is 346 g/mol. The number of carbonyl (C=O) groups is 1. The zero-order chi connectivity index (χ0) is 17.2. The molecule has 4 nitrogen and oxygen atoms in total. The van der Waals surface area contributed by atoms with Crippen LogP contribution in [0.1, 0.15) is 51.0 Å². The number of rotatable bonds is 5. The predicted molar refractivity (Wildman–Crippen MR) is 102 cm³/mol. The summed E-state index contributed by atoms with van der Waals surface area (Å²) < 4.78 is 5.39. The quantitative estimate of drug-likeness (QED) is 0.483. The van der Waals surface area contributed by atoms with Crippen molar-refractivity contribution in [3.05, 3.63) is 35.9 Å². The third kappa shape index (κ3) is 6.71. The minimum Gasteiger partial charge on any atom is -0.494 e. The minimum atomic E-state index is -0.213. The summed E-state index contributed by atoms with van der Waals surface area (Å²) in [7, 11) is 0. The van der Waals surface area contributed by atoms with Gasteiger partial charge in [-0.1, -0.05) is 37.8 Å². The molecule has 2 N–H and O–H groups in total. The maximum atomic E-state index is 12.0. The molecule has 0 radical (unpaired) electrons. The lowest BCUT2D eigenvalue weighted by Crippen LogP contribution is -2.43. The number of amides is 1. The molecule has 1 aromatic carbocycles. The second-order valence-electron chi connectivity index (χ2n) is 5.99. The number of thiocarbonyl (C=S) groups is 1. The highest BCUT2D eigenvalue weighted by Gasteiger charge is 2.13. The highest BCUT2D eigenvalue weighted by atomic mass is 32.1. The molecule has 0 aromatic heterocycles. The third-order valence-corrected chi connectivity index (χ3v) is 4.27.